The first kappa shape index (κ1) is 17.0. The third-order valence-corrected chi connectivity index (χ3v) is 4.62. The Morgan fingerprint density at radius 1 is 1.07 bits per heavy atom. The highest BCUT2D eigenvalue weighted by molar-refractivity contribution is 5.80. The molecule has 27 heavy (non-hydrogen) atoms. The maximum Gasteiger partial charge on any atom is 0.419 e. The number of aromatic nitrogens is 2. The van der Waals surface area contributed by atoms with E-state index in [1.807, 2.05) is 31.2 Å². The van der Waals surface area contributed by atoms with Crippen LogP contribution in [-0.4, -0.2) is 9.55 Å². The van der Waals surface area contributed by atoms with Gasteiger partial charge in [-0.15, -0.1) is 0 Å². The van der Waals surface area contributed by atoms with Gasteiger partial charge in [-0.3, -0.25) is 4.57 Å². The minimum Gasteiger partial charge on any atom is -0.408 e. The summed E-state index contributed by atoms with van der Waals surface area (Å²) in [6, 6.07) is 15.9. The fourth-order valence-corrected chi connectivity index (χ4v) is 3.01. The van der Waals surface area contributed by atoms with Gasteiger partial charge >= 0.3 is 5.76 Å². The van der Waals surface area contributed by atoms with Gasteiger partial charge in [0.25, 0.3) is 0 Å². The first-order chi connectivity index (χ1) is 13.0. The minimum absolute atomic E-state index is 0.000699. The zero-order valence-corrected chi connectivity index (χ0v) is 14.9. The molecule has 0 fully saturated rings. The third-order valence-electron chi connectivity index (χ3n) is 4.62. The van der Waals surface area contributed by atoms with E-state index in [-0.39, 0.29) is 17.6 Å². The van der Waals surface area contributed by atoms with Crippen molar-refractivity contribution in [2.24, 2.45) is 7.05 Å². The lowest BCUT2D eigenvalue weighted by atomic mass is 10.1. The number of halogens is 1. The first-order valence-electron chi connectivity index (χ1n) is 8.59. The zero-order chi connectivity index (χ0) is 19.0. The van der Waals surface area contributed by atoms with Gasteiger partial charge in [-0.1, -0.05) is 18.2 Å². The van der Waals surface area contributed by atoms with E-state index in [0.717, 1.165) is 28.0 Å². The summed E-state index contributed by atoms with van der Waals surface area (Å²) in [6.07, 6.45) is 1.78. The second-order valence-corrected chi connectivity index (χ2v) is 6.46. The number of oxazole rings is 1. The molecule has 0 aliphatic heterocycles. The molecule has 0 spiro atoms. The van der Waals surface area contributed by atoms with Crippen LogP contribution in [0.5, 0.6) is 0 Å². The highest BCUT2D eigenvalue weighted by atomic mass is 19.1. The predicted octanol–water partition coefficient (Wildman–Crippen LogP) is 4.51. The lowest BCUT2D eigenvalue weighted by Crippen LogP contribution is -2.08. The van der Waals surface area contributed by atoms with E-state index >= 15 is 0 Å². The average molecular weight is 363 g/mol. The predicted molar refractivity (Wildman–Crippen MR) is 103 cm³/mol. The Morgan fingerprint density at radius 3 is 2.52 bits per heavy atom. The van der Waals surface area contributed by atoms with Crippen molar-refractivity contribution in [1.29, 1.82) is 0 Å². The van der Waals surface area contributed by atoms with Crippen molar-refractivity contribution >= 4 is 16.9 Å². The van der Waals surface area contributed by atoms with Gasteiger partial charge in [0.1, 0.15) is 11.6 Å². The standard InChI is InChI=1S/C21H18FN3O2/c1-13(14-3-7-17(22)8-4-14)24-20-10-6-16(12-23-20)15-5-9-19-18(11-15)25(2)21(26)27-19/h3-13H,1-2H3,(H,23,24)/t13-/m1/s1. The molecule has 4 aromatic rings. The molecule has 136 valence electrons. The highest BCUT2D eigenvalue weighted by Crippen LogP contribution is 2.25. The molecule has 2 heterocycles. The number of nitrogens with one attached hydrogen (secondary N) is 1. The van der Waals surface area contributed by atoms with Crippen LogP contribution in [0.2, 0.25) is 0 Å². The summed E-state index contributed by atoms with van der Waals surface area (Å²) >= 11 is 0. The fraction of sp³-hybridized carbons (Fsp3) is 0.143. The molecule has 5 nitrogen and oxygen atoms in total. The van der Waals surface area contributed by atoms with E-state index in [4.69, 9.17) is 4.42 Å². The summed E-state index contributed by atoms with van der Waals surface area (Å²) in [7, 11) is 1.68. The molecule has 1 atom stereocenters. The Bertz CT molecular complexity index is 1140. The van der Waals surface area contributed by atoms with E-state index in [2.05, 4.69) is 10.3 Å². The van der Waals surface area contributed by atoms with Crippen LogP contribution in [0, 0.1) is 5.82 Å². The summed E-state index contributed by atoms with van der Waals surface area (Å²) in [5.74, 6) is 0.0995. The maximum absolute atomic E-state index is 13.0. The molecule has 0 amide bonds. The van der Waals surface area contributed by atoms with Crippen LogP contribution >= 0.6 is 0 Å². The van der Waals surface area contributed by atoms with Gasteiger partial charge in [0.05, 0.1) is 5.52 Å². The van der Waals surface area contributed by atoms with Gasteiger partial charge in [-0.2, -0.15) is 0 Å². The zero-order valence-electron chi connectivity index (χ0n) is 14.9. The van der Waals surface area contributed by atoms with Gasteiger partial charge in [-0.05, 0) is 54.4 Å². The van der Waals surface area contributed by atoms with Crippen molar-refractivity contribution in [2.75, 3.05) is 5.32 Å². The van der Waals surface area contributed by atoms with Crippen LogP contribution in [0.25, 0.3) is 22.2 Å². The van der Waals surface area contributed by atoms with Crippen molar-refractivity contribution in [3.63, 3.8) is 0 Å². The Morgan fingerprint density at radius 2 is 1.81 bits per heavy atom. The lowest BCUT2D eigenvalue weighted by molar-refractivity contribution is 0.528. The van der Waals surface area contributed by atoms with E-state index < -0.39 is 0 Å². The molecule has 2 aromatic heterocycles. The van der Waals surface area contributed by atoms with Crippen molar-refractivity contribution in [2.45, 2.75) is 13.0 Å². The Labute approximate surface area is 155 Å². The molecule has 2 aromatic carbocycles. The molecule has 0 unspecified atom stereocenters. The SMILES string of the molecule is C[C@@H](Nc1ccc(-c2ccc3oc(=O)n(C)c3c2)cn1)c1ccc(F)cc1. The van der Waals surface area contributed by atoms with Crippen LogP contribution in [0.15, 0.2) is 70.0 Å². The molecule has 4 rings (SSSR count). The number of pyridine rings is 1. The average Bonchev–Trinajstić information content (AvgIpc) is 2.96. The molecular weight excluding hydrogens is 345 g/mol. The van der Waals surface area contributed by atoms with E-state index in [0.29, 0.717) is 5.58 Å². The van der Waals surface area contributed by atoms with Crippen molar-refractivity contribution < 1.29 is 8.81 Å². The normalized spacial score (nSPS) is 12.3. The van der Waals surface area contributed by atoms with Crippen LogP contribution in [-0.2, 0) is 7.05 Å². The molecular formula is C21H18FN3O2. The smallest absolute Gasteiger partial charge is 0.408 e. The van der Waals surface area contributed by atoms with E-state index in [1.54, 1.807) is 31.4 Å². The van der Waals surface area contributed by atoms with Gasteiger partial charge in [0.2, 0.25) is 0 Å². The van der Waals surface area contributed by atoms with Gasteiger partial charge in [0.15, 0.2) is 5.58 Å². The fourth-order valence-electron chi connectivity index (χ4n) is 3.01. The quantitative estimate of drug-likeness (QED) is 0.580. The van der Waals surface area contributed by atoms with Crippen molar-refractivity contribution in [3.05, 3.63) is 82.7 Å². The number of benzene rings is 2. The number of aryl methyl sites for hydroxylation is 1. The molecule has 0 saturated carbocycles. The molecule has 0 saturated heterocycles. The van der Waals surface area contributed by atoms with Crippen LogP contribution in [0.4, 0.5) is 10.2 Å². The Hall–Kier alpha value is -3.41. The molecule has 0 radical (unpaired) electrons. The summed E-state index contributed by atoms with van der Waals surface area (Å²) < 4.78 is 19.7. The lowest BCUT2D eigenvalue weighted by Gasteiger charge is -2.15. The first-order valence-corrected chi connectivity index (χ1v) is 8.59. The minimum atomic E-state index is -0.380. The van der Waals surface area contributed by atoms with Gasteiger partial charge in [0, 0.05) is 24.8 Å². The number of rotatable bonds is 4. The van der Waals surface area contributed by atoms with Gasteiger partial charge in [-0.25, -0.2) is 14.2 Å². The molecule has 0 aliphatic carbocycles. The molecule has 0 aliphatic rings. The number of hydrogen-bond acceptors (Lipinski definition) is 4. The van der Waals surface area contributed by atoms with Crippen LogP contribution < -0.4 is 11.1 Å². The molecule has 0 bridgehead atoms. The number of anilines is 1. The maximum atomic E-state index is 13.0. The largest absolute Gasteiger partial charge is 0.419 e. The second-order valence-electron chi connectivity index (χ2n) is 6.46. The number of nitrogens with zero attached hydrogens (tertiary/aromatic N) is 2. The van der Waals surface area contributed by atoms with Gasteiger partial charge < -0.3 is 9.73 Å². The molecule has 6 heteroatoms. The summed E-state index contributed by atoms with van der Waals surface area (Å²) in [4.78, 5) is 16.1. The topological polar surface area (TPSA) is 60.1 Å². The summed E-state index contributed by atoms with van der Waals surface area (Å²) in [5, 5.41) is 3.30. The van der Waals surface area contributed by atoms with E-state index in [1.165, 1.54) is 16.7 Å². The number of hydrogen-bond donors (Lipinski definition) is 1. The Balaban J connectivity index is 1.56. The number of fused-ring (bicyclic) bond motifs is 1. The molecule has 1 N–H and O–H groups in total. The van der Waals surface area contributed by atoms with Crippen LogP contribution in [0.1, 0.15) is 18.5 Å². The third kappa shape index (κ3) is 3.33. The monoisotopic (exact) mass is 363 g/mol. The van der Waals surface area contributed by atoms with Crippen molar-refractivity contribution in [3.8, 4) is 11.1 Å². The second kappa shape index (κ2) is 6.72. The highest BCUT2D eigenvalue weighted by Gasteiger charge is 2.09. The summed E-state index contributed by atoms with van der Waals surface area (Å²) in [6.45, 7) is 2.00. The van der Waals surface area contributed by atoms with Crippen molar-refractivity contribution in [1.82, 2.24) is 9.55 Å². The Kier molecular flexibility index (Phi) is 4.24. The summed E-state index contributed by atoms with van der Waals surface area (Å²) in [5.41, 5.74) is 4.17. The van der Waals surface area contributed by atoms with Crippen LogP contribution in [0.3, 0.4) is 0 Å². The van der Waals surface area contributed by atoms with E-state index in [9.17, 15) is 9.18 Å².